The van der Waals surface area contributed by atoms with Crippen LogP contribution in [-0.2, 0) is 6.18 Å². The van der Waals surface area contributed by atoms with E-state index in [0.717, 1.165) is 0 Å². The average Bonchev–Trinajstić information content (AvgIpc) is 2.47. The first-order valence-electron chi connectivity index (χ1n) is 3.98. The van der Waals surface area contributed by atoms with Gasteiger partial charge < -0.3 is 4.98 Å². The SMILES string of the molecule is Cc1nc2nc(C(F)(F)F)[nH]c2cc1Br. The van der Waals surface area contributed by atoms with E-state index in [-0.39, 0.29) is 11.2 Å². The first kappa shape index (κ1) is 10.4. The van der Waals surface area contributed by atoms with Gasteiger partial charge in [0, 0.05) is 4.47 Å². The lowest BCUT2D eigenvalue weighted by Crippen LogP contribution is -2.06. The summed E-state index contributed by atoms with van der Waals surface area (Å²) in [5.41, 5.74) is 0.936. The lowest BCUT2D eigenvalue weighted by atomic mass is 10.3. The van der Waals surface area contributed by atoms with Crippen molar-refractivity contribution in [1.29, 1.82) is 0 Å². The molecule has 0 bridgehead atoms. The van der Waals surface area contributed by atoms with Crippen LogP contribution in [0, 0.1) is 6.92 Å². The molecule has 2 heterocycles. The second-order valence-corrected chi connectivity index (χ2v) is 3.86. The first-order valence-corrected chi connectivity index (χ1v) is 4.77. The molecule has 0 aromatic carbocycles. The molecule has 0 saturated carbocycles. The van der Waals surface area contributed by atoms with Crippen molar-refractivity contribution in [2.24, 2.45) is 0 Å². The zero-order valence-corrected chi connectivity index (χ0v) is 9.07. The van der Waals surface area contributed by atoms with Crippen LogP contribution in [0.15, 0.2) is 10.5 Å². The molecule has 15 heavy (non-hydrogen) atoms. The molecule has 80 valence electrons. The fraction of sp³-hybridized carbons (Fsp3) is 0.250. The smallest absolute Gasteiger partial charge is 0.333 e. The quantitative estimate of drug-likeness (QED) is 0.805. The highest BCUT2D eigenvalue weighted by atomic mass is 79.9. The van der Waals surface area contributed by atoms with Crippen LogP contribution in [0.2, 0.25) is 0 Å². The lowest BCUT2D eigenvalue weighted by Gasteiger charge is -1.98. The van der Waals surface area contributed by atoms with E-state index in [2.05, 4.69) is 30.9 Å². The third-order valence-corrected chi connectivity index (χ3v) is 2.67. The number of aryl methyl sites for hydroxylation is 1. The molecule has 3 nitrogen and oxygen atoms in total. The van der Waals surface area contributed by atoms with Crippen LogP contribution in [0.25, 0.3) is 11.2 Å². The standard InChI is InChI=1S/C8H5BrF3N3/c1-3-4(9)2-5-6(13-3)15-7(14-5)8(10,11)12/h2H,1H3,(H,13,14,15). The third-order valence-electron chi connectivity index (χ3n) is 1.87. The zero-order chi connectivity index (χ0) is 11.2. The molecule has 0 amide bonds. The van der Waals surface area contributed by atoms with E-state index in [1.165, 1.54) is 6.07 Å². The Balaban J connectivity index is 2.66. The molecule has 0 spiro atoms. The monoisotopic (exact) mass is 279 g/mol. The van der Waals surface area contributed by atoms with Crippen molar-refractivity contribution in [3.63, 3.8) is 0 Å². The Morgan fingerprint density at radius 1 is 1.33 bits per heavy atom. The van der Waals surface area contributed by atoms with Crippen molar-refractivity contribution < 1.29 is 13.2 Å². The number of aromatic amines is 1. The third kappa shape index (κ3) is 1.83. The number of imidazole rings is 1. The van der Waals surface area contributed by atoms with Crippen LogP contribution in [0.4, 0.5) is 13.2 Å². The predicted octanol–water partition coefficient (Wildman–Crippen LogP) is 3.05. The summed E-state index contributed by atoms with van der Waals surface area (Å²) >= 11 is 3.18. The lowest BCUT2D eigenvalue weighted by molar-refractivity contribution is -0.144. The maximum absolute atomic E-state index is 12.3. The van der Waals surface area contributed by atoms with Crippen molar-refractivity contribution in [2.45, 2.75) is 13.1 Å². The number of hydrogen-bond donors (Lipinski definition) is 1. The molecule has 0 unspecified atom stereocenters. The fourth-order valence-corrected chi connectivity index (χ4v) is 1.46. The van der Waals surface area contributed by atoms with Crippen LogP contribution in [0.3, 0.4) is 0 Å². The number of aromatic nitrogens is 3. The number of nitrogens with one attached hydrogen (secondary N) is 1. The molecule has 0 atom stereocenters. The molecule has 7 heteroatoms. The number of fused-ring (bicyclic) bond motifs is 1. The molecule has 0 aliphatic heterocycles. The molecule has 2 aromatic rings. The number of pyridine rings is 1. The summed E-state index contributed by atoms with van der Waals surface area (Å²) < 4.78 is 37.5. The van der Waals surface area contributed by atoms with Crippen LogP contribution in [0.1, 0.15) is 11.5 Å². The van der Waals surface area contributed by atoms with Crippen molar-refractivity contribution in [3.05, 3.63) is 22.1 Å². The maximum atomic E-state index is 12.3. The van der Waals surface area contributed by atoms with Gasteiger partial charge in [-0.15, -0.1) is 0 Å². The largest absolute Gasteiger partial charge is 0.449 e. The highest BCUT2D eigenvalue weighted by Gasteiger charge is 2.35. The van der Waals surface area contributed by atoms with Gasteiger partial charge >= 0.3 is 6.18 Å². The number of halogens is 4. The minimum Gasteiger partial charge on any atom is -0.333 e. The molecule has 2 rings (SSSR count). The van der Waals surface area contributed by atoms with E-state index in [9.17, 15) is 13.2 Å². The van der Waals surface area contributed by atoms with Crippen LogP contribution < -0.4 is 0 Å². The zero-order valence-electron chi connectivity index (χ0n) is 7.48. The van der Waals surface area contributed by atoms with E-state index in [1.807, 2.05) is 0 Å². The Labute approximate surface area is 90.9 Å². The van der Waals surface area contributed by atoms with Gasteiger partial charge in [-0.3, -0.25) is 0 Å². The highest BCUT2D eigenvalue weighted by Crippen LogP contribution is 2.29. The summed E-state index contributed by atoms with van der Waals surface area (Å²) in [6.45, 7) is 1.69. The van der Waals surface area contributed by atoms with E-state index in [0.29, 0.717) is 10.2 Å². The number of nitrogens with zero attached hydrogens (tertiary/aromatic N) is 2. The summed E-state index contributed by atoms with van der Waals surface area (Å²) in [6, 6.07) is 1.53. The molecule has 2 aromatic heterocycles. The Hall–Kier alpha value is -1.11. The summed E-state index contributed by atoms with van der Waals surface area (Å²) in [5.74, 6) is -1.03. The topological polar surface area (TPSA) is 41.6 Å². The van der Waals surface area contributed by atoms with Crippen molar-refractivity contribution in [3.8, 4) is 0 Å². The van der Waals surface area contributed by atoms with Crippen LogP contribution in [0.5, 0.6) is 0 Å². The summed E-state index contributed by atoms with van der Waals surface area (Å²) in [7, 11) is 0. The maximum Gasteiger partial charge on any atom is 0.449 e. The van der Waals surface area contributed by atoms with Gasteiger partial charge in [-0.1, -0.05) is 0 Å². The average molecular weight is 280 g/mol. The number of rotatable bonds is 0. The molecule has 0 saturated heterocycles. The Kier molecular flexibility index (Phi) is 2.22. The Morgan fingerprint density at radius 3 is 2.60 bits per heavy atom. The minimum atomic E-state index is -4.47. The summed E-state index contributed by atoms with van der Waals surface area (Å²) in [6.07, 6.45) is -4.47. The van der Waals surface area contributed by atoms with Crippen LogP contribution in [-0.4, -0.2) is 15.0 Å². The fourth-order valence-electron chi connectivity index (χ4n) is 1.14. The highest BCUT2D eigenvalue weighted by molar-refractivity contribution is 9.10. The first-order chi connectivity index (χ1) is 6.88. The van der Waals surface area contributed by atoms with E-state index < -0.39 is 12.0 Å². The van der Waals surface area contributed by atoms with Gasteiger partial charge in [-0.05, 0) is 28.9 Å². The molecule has 0 radical (unpaired) electrons. The summed E-state index contributed by atoms with van der Waals surface area (Å²) in [5, 5.41) is 0. The van der Waals surface area contributed by atoms with Gasteiger partial charge in [0.2, 0.25) is 5.82 Å². The molecule has 0 aliphatic rings. The van der Waals surface area contributed by atoms with Crippen molar-refractivity contribution >= 4 is 27.1 Å². The summed E-state index contributed by atoms with van der Waals surface area (Å²) in [4.78, 5) is 9.47. The van der Waals surface area contributed by atoms with E-state index in [4.69, 9.17) is 0 Å². The minimum absolute atomic E-state index is 0.0722. The molecular formula is C8H5BrF3N3. The van der Waals surface area contributed by atoms with Crippen LogP contribution >= 0.6 is 15.9 Å². The Bertz CT molecular complexity index is 479. The van der Waals surface area contributed by atoms with Gasteiger partial charge in [0.15, 0.2) is 5.65 Å². The molecule has 0 fully saturated rings. The van der Waals surface area contributed by atoms with Gasteiger partial charge in [0.1, 0.15) is 0 Å². The van der Waals surface area contributed by atoms with Gasteiger partial charge in [0.25, 0.3) is 0 Å². The Morgan fingerprint density at radius 2 is 2.00 bits per heavy atom. The molecular weight excluding hydrogens is 275 g/mol. The number of alkyl halides is 3. The van der Waals surface area contributed by atoms with Crippen molar-refractivity contribution in [2.75, 3.05) is 0 Å². The molecule has 1 N–H and O–H groups in total. The van der Waals surface area contributed by atoms with Gasteiger partial charge in [-0.2, -0.15) is 13.2 Å². The number of H-pyrrole nitrogens is 1. The number of hydrogen-bond acceptors (Lipinski definition) is 2. The van der Waals surface area contributed by atoms with Crippen molar-refractivity contribution in [1.82, 2.24) is 15.0 Å². The van der Waals surface area contributed by atoms with Gasteiger partial charge in [-0.25, -0.2) is 9.97 Å². The van der Waals surface area contributed by atoms with Gasteiger partial charge in [0.05, 0.1) is 11.2 Å². The van der Waals surface area contributed by atoms with E-state index in [1.54, 1.807) is 6.92 Å². The second-order valence-electron chi connectivity index (χ2n) is 3.01. The molecule has 0 aliphatic carbocycles. The predicted molar refractivity (Wildman–Crippen MR) is 51.3 cm³/mol. The normalized spacial score (nSPS) is 12.3. The second kappa shape index (κ2) is 3.19. The van der Waals surface area contributed by atoms with E-state index >= 15 is 0 Å².